The lowest BCUT2D eigenvalue weighted by Gasteiger charge is -2.02. The van der Waals surface area contributed by atoms with E-state index in [2.05, 4.69) is 11.3 Å². The third-order valence-electron chi connectivity index (χ3n) is 1.30. The maximum atomic E-state index is 10.8. The minimum atomic E-state index is -0.536. The van der Waals surface area contributed by atoms with E-state index in [4.69, 9.17) is 11.1 Å². The molecule has 72 valence electrons. The number of nitrogens with two attached hydrogens (primary N) is 1. The van der Waals surface area contributed by atoms with Crippen molar-refractivity contribution in [2.24, 2.45) is 5.73 Å². The highest BCUT2D eigenvalue weighted by molar-refractivity contribution is 6.01. The summed E-state index contributed by atoms with van der Waals surface area (Å²) in [5.41, 5.74) is 5.56. The van der Waals surface area contributed by atoms with Gasteiger partial charge in [-0.3, -0.25) is 0 Å². The minimum Gasteiger partial charge on any atom is -0.463 e. The average Bonchev–Trinajstić information content (AvgIpc) is 2.13. The molecule has 0 aliphatic rings. The summed E-state index contributed by atoms with van der Waals surface area (Å²) in [6, 6.07) is -0.536. The van der Waals surface area contributed by atoms with Crippen molar-refractivity contribution in [1.29, 1.82) is 5.41 Å². The van der Waals surface area contributed by atoms with Gasteiger partial charge in [0.05, 0.1) is 18.4 Å². The highest BCUT2D eigenvalue weighted by atomic mass is 16.5. The van der Waals surface area contributed by atoms with Gasteiger partial charge in [0.2, 0.25) is 0 Å². The van der Waals surface area contributed by atoms with Crippen LogP contribution in [-0.2, 0) is 9.53 Å². The molecule has 0 radical (unpaired) electrons. The number of ether oxygens (including phenoxy) is 1. The first kappa shape index (κ1) is 11.6. The Kier molecular flexibility index (Phi) is 5.47. The van der Waals surface area contributed by atoms with Gasteiger partial charge in [0, 0.05) is 6.08 Å². The molecule has 13 heavy (non-hydrogen) atoms. The van der Waals surface area contributed by atoms with Crippen LogP contribution in [0.1, 0.15) is 6.92 Å². The van der Waals surface area contributed by atoms with E-state index >= 15 is 0 Å². The van der Waals surface area contributed by atoms with E-state index in [1.807, 2.05) is 0 Å². The van der Waals surface area contributed by atoms with E-state index < -0.39 is 12.0 Å². The van der Waals surface area contributed by atoms with Crippen LogP contribution in [0.4, 0.5) is 0 Å². The van der Waals surface area contributed by atoms with E-state index in [1.165, 1.54) is 18.2 Å². The number of carbonyl (C=O) groups excluding carboxylic acids is 1. The summed E-state index contributed by atoms with van der Waals surface area (Å²) in [5, 5.41) is 7.33. The summed E-state index contributed by atoms with van der Waals surface area (Å²) in [6.45, 7) is 5.47. The summed E-state index contributed by atoms with van der Waals surface area (Å²) < 4.78 is 4.62. The van der Waals surface area contributed by atoms with Gasteiger partial charge in [0.15, 0.2) is 0 Å². The second kappa shape index (κ2) is 6.14. The molecular formula is C9H14N2O2. The Morgan fingerprint density at radius 1 is 1.69 bits per heavy atom. The van der Waals surface area contributed by atoms with Crippen LogP contribution in [0.15, 0.2) is 24.8 Å². The first-order chi connectivity index (χ1) is 6.11. The Bertz CT molecular complexity index is 234. The van der Waals surface area contributed by atoms with Crippen molar-refractivity contribution < 1.29 is 9.53 Å². The predicted octanol–water partition coefficient (Wildman–Crippen LogP) is 0.639. The molecule has 0 saturated carbocycles. The van der Waals surface area contributed by atoms with Gasteiger partial charge >= 0.3 is 5.97 Å². The first-order valence-corrected chi connectivity index (χ1v) is 3.93. The van der Waals surface area contributed by atoms with Gasteiger partial charge in [-0.2, -0.15) is 0 Å². The van der Waals surface area contributed by atoms with Crippen LogP contribution in [0.3, 0.4) is 0 Å². The third-order valence-corrected chi connectivity index (χ3v) is 1.30. The fourth-order valence-electron chi connectivity index (χ4n) is 0.586. The van der Waals surface area contributed by atoms with Crippen LogP contribution >= 0.6 is 0 Å². The second-order valence-electron chi connectivity index (χ2n) is 2.30. The van der Waals surface area contributed by atoms with Gasteiger partial charge < -0.3 is 15.9 Å². The molecule has 0 saturated heterocycles. The number of rotatable bonds is 5. The second-order valence-corrected chi connectivity index (χ2v) is 2.30. The molecule has 0 amide bonds. The van der Waals surface area contributed by atoms with E-state index in [9.17, 15) is 4.79 Å². The minimum absolute atomic E-state index is 0.128. The van der Waals surface area contributed by atoms with Crippen LogP contribution < -0.4 is 5.73 Å². The van der Waals surface area contributed by atoms with E-state index in [1.54, 1.807) is 6.92 Å². The van der Waals surface area contributed by atoms with E-state index in [-0.39, 0.29) is 5.71 Å². The van der Waals surface area contributed by atoms with Crippen molar-refractivity contribution >= 4 is 11.7 Å². The molecule has 0 aliphatic carbocycles. The topological polar surface area (TPSA) is 76.2 Å². The molecule has 0 aliphatic heterocycles. The Balaban J connectivity index is 4.04. The number of hydrogen-bond donors (Lipinski definition) is 2. The summed E-state index contributed by atoms with van der Waals surface area (Å²) in [5.74, 6) is -0.469. The quantitative estimate of drug-likeness (QED) is 0.283. The van der Waals surface area contributed by atoms with Crippen molar-refractivity contribution in [1.82, 2.24) is 0 Å². The highest BCUT2D eigenvalue weighted by Gasteiger charge is 2.01. The molecule has 1 atom stereocenters. The molecule has 3 N–H and O–H groups in total. The highest BCUT2D eigenvalue weighted by Crippen LogP contribution is 1.88. The van der Waals surface area contributed by atoms with Crippen LogP contribution in [0.5, 0.6) is 0 Å². The van der Waals surface area contributed by atoms with Gasteiger partial charge in [-0.1, -0.05) is 6.08 Å². The van der Waals surface area contributed by atoms with Crippen molar-refractivity contribution in [2.45, 2.75) is 13.0 Å². The van der Waals surface area contributed by atoms with Gasteiger partial charge in [0.25, 0.3) is 0 Å². The zero-order chi connectivity index (χ0) is 10.3. The summed E-state index contributed by atoms with van der Waals surface area (Å²) in [4.78, 5) is 10.8. The Morgan fingerprint density at radius 3 is 2.77 bits per heavy atom. The Hall–Kier alpha value is -1.42. The lowest BCUT2D eigenvalue weighted by molar-refractivity contribution is -0.137. The largest absolute Gasteiger partial charge is 0.463 e. The predicted molar refractivity (Wildman–Crippen MR) is 51.7 cm³/mol. The fraction of sp³-hybridized carbons (Fsp3) is 0.333. The van der Waals surface area contributed by atoms with E-state index in [0.717, 1.165) is 0 Å². The van der Waals surface area contributed by atoms with Crippen molar-refractivity contribution in [3.05, 3.63) is 24.8 Å². The number of nitrogens with one attached hydrogen (secondary N) is 1. The van der Waals surface area contributed by atoms with Crippen molar-refractivity contribution in [2.75, 3.05) is 6.61 Å². The van der Waals surface area contributed by atoms with Crippen LogP contribution in [0.2, 0.25) is 0 Å². The molecule has 0 heterocycles. The molecule has 4 nitrogen and oxygen atoms in total. The molecule has 1 unspecified atom stereocenters. The molecule has 0 spiro atoms. The molecule has 0 aromatic carbocycles. The summed E-state index contributed by atoms with van der Waals surface area (Å²) in [6.07, 6.45) is 3.91. The van der Waals surface area contributed by atoms with Crippen LogP contribution in [0.25, 0.3) is 0 Å². The maximum absolute atomic E-state index is 10.8. The fourth-order valence-corrected chi connectivity index (χ4v) is 0.586. The molecule has 0 fully saturated rings. The lowest BCUT2D eigenvalue weighted by Crippen LogP contribution is -2.25. The molecule has 4 heteroatoms. The number of carbonyl (C=O) groups is 1. The van der Waals surface area contributed by atoms with Gasteiger partial charge in [0.1, 0.15) is 0 Å². The smallest absolute Gasteiger partial charge is 0.330 e. The maximum Gasteiger partial charge on any atom is 0.330 e. The number of hydrogen-bond acceptors (Lipinski definition) is 4. The molecule has 0 aromatic rings. The standard InChI is InChI=1S/C9H14N2O2/c1-3-7(10)8(11)5-6-9(12)13-4-2/h3,5-7,11H,1,4,10H2,2H3/b6-5+,11-8?. The Labute approximate surface area is 77.6 Å². The van der Waals surface area contributed by atoms with Gasteiger partial charge in [-0.25, -0.2) is 4.79 Å². The SMILES string of the molecule is C=CC(N)C(=N)/C=C/C(=O)OCC. The van der Waals surface area contributed by atoms with Crippen LogP contribution in [-0.4, -0.2) is 24.3 Å². The van der Waals surface area contributed by atoms with Gasteiger partial charge in [-0.15, -0.1) is 6.58 Å². The monoisotopic (exact) mass is 182 g/mol. The normalized spacial score (nSPS) is 12.5. The molecule has 0 aromatic heterocycles. The van der Waals surface area contributed by atoms with Crippen LogP contribution in [0, 0.1) is 5.41 Å². The van der Waals surface area contributed by atoms with Crippen molar-refractivity contribution in [3.8, 4) is 0 Å². The Morgan fingerprint density at radius 2 is 2.31 bits per heavy atom. The first-order valence-electron chi connectivity index (χ1n) is 3.93. The number of esters is 1. The summed E-state index contributed by atoms with van der Waals surface area (Å²) in [7, 11) is 0. The lowest BCUT2D eigenvalue weighted by atomic mass is 10.2. The zero-order valence-electron chi connectivity index (χ0n) is 7.62. The average molecular weight is 182 g/mol. The molecular weight excluding hydrogens is 168 g/mol. The van der Waals surface area contributed by atoms with E-state index in [0.29, 0.717) is 6.61 Å². The molecule has 0 bridgehead atoms. The molecule has 0 rings (SSSR count). The third kappa shape index (κ3) is 4.92. The zero-order valence-corrected chi connectivity index (χ0v) is 7.62. The summed E-state index contributed by atoms with van der Waals surface area (Å²) >= 11 is 0. The van der Waals surface area contributed by atoms with Gasteiger partial charge in [-0.05, 0) is 13.0 Å². The van der Waals surface area contributed by atoms with Crippen molar-refractivity contribution in [3.63, 3.8) is 0 Å².